The molecule has 10 nitrogen and oxygen atoms in total. The van der Waals surface area contributed by atoms with E-state index in [1.54, 1.807) is 60.7 Å². The van der Waals surface area contributed by atoms with E-state index in [0.717, 1.165) is 19.3 Å². The number of piperidine rings is 1. The van der Waals surface area contributed by atoms with Crippen molar-refractivity contribution in [3.05, 3.63) is 77.4 Å². The molecule has 1 aliphatic heterocycles. The van der Waals surface area contributed by atoms with Crippen molar-refractivity contribution < 1.29 is 14.3 Å². The van der Waals surface area contributed by atoms with Gasteiger partial charge in [-0.3, -0.25) is 15.6 Å². The molecule has 1 fully saturated rings. The summed E-state index contributed by atoms with van der Waals surface area (Å²) in [6.07, 6.45) is 2.82. The number of likely N-dealkylation sites (tertiary alicyclic amines) is 1. The van der Waals surface area contributed by atoms with Gasteiger partial charge < -0.3 is 31.6 Å². The van der Waals surface area contributed by atoms with Gasteiger partial charge in [-0.25, -0.2) is 0 Å². The highest BCUT2D eigenvalue weighted by molar-refractivity contribution is 5.96. The Balaban J connectivity index is 1.59. The number of nitrogens with zero attached hydrogens (tertiary/aromatic N) is 2. The molecule has 1 saturated heterocycles. The summed E-state index contributed by atoms with van der Waals surface area (Å²) >= 11 is 0. The van der Waals surface area contributed by atoms with Crippen LogP contribution >= 0.6 is 0 Å². The molecule has 0 saturated carbocycles. The van der Waals surface area contributed by atoms with Crippen LogP contribution in [0.15, 0.2) is 60.7 Å². The summed E-state index contributed by atoms with van der Waals surface area (Å²) in [4.78, 5) is 19.7. The lowest BCUT2D eigenvalue weighted by molar-refractivity contribution is 0.0687. The second-order valence-electron chi connectivity index (χ2n) is 8.93. The fraction of sp³-hybridized carbons (Fsp3) is 0.259. The fourth-order valence-electron chi connectivity index (χ4n) is 4.20. The highest BCUT2D eigenvalue weighted by atomic mass is 16.5. The Bertz CT molecular complexity index is 1190. The van der Waals surface area contributed by atoms with Crippen LogP contribution in [0.25, 0.3) is 0 Å². The normalized spacial score (nSPS) is 13.7. The van der Waals surface area contributed by atoms with Crippen molar-refractivity contribution in [3.63, 3.8) is 0 Å². The SMILES string of the molecule is N=C(N)c1ccc(Oc2cc(C(=O)N3CCC(CCN)CC3)cc(Oc3ccc(C(=N)N)cc3)n2)cc1. The van der Waals surface area contributed by atoms with Crippen LogP contribution in [0.3, 0.4) is 0 Å². The number of amides is 1. The van der Waals surface area contributed by atoms with Crippen LogP contribution in [0, 0.1) is 16.7 Å². The van der Waals surface area contributed by atoms with Gasteiger partial charge in [0.1, 0.15) is 23.2 Å². The van der Waals surface area contributed by atoms with Crippen molar-refractivity contribution >= 4 is 17.6 Å². The highest BCUT2D eigenvalue weighted by Crippen LogP contribution is 2.29. The van der Waals surface area contributed by atoms with Gasteiger partial charge in [0.15, 0.2) is 0 Å². The van der Waals surface area contributed by atoms with Gasteiger partial charge in [-0.15, -0.1) is 0 Å². The molecule has 2 heterocycles. The summed E-state index contributed by atoms with van der Waals surface area (Å²) < 4.78 is 11.9. The van der Waals surface area contributed by atoms with Crippen LogP contribution in [0.4, 0.5) is 0 Å². The first-order chi connectivity index (χ1) is 17.8. The third-order valence-corrected chi connectivity index (χ3v) is 6.28. The van der Waals surface area contributed by atoms with Gasteiger partial charge >= 0.3 is 0 Å². The lowest BCUT2D eigenvalue weighted by Gasteiger charge is -2.32. The molecule has 0 aliphatic carbocycles. The zero-order valence-electron chi connectivity index (χ0n) is 20.4. The van der Waals surface area contributed by atoms with Crippen molar-refractivity contribution in [2.24, 2.45) is 23.1 Å². The molecule has 0 bridgehead atoms. The Morgan fingerprint density at radius 2 is 1.30 bits per heavy atom. The number of hydrogen-bond acceptors (Lipinski definition) is 7. The van der Waals surface area contributed by atoms with Crippen LogP contribution in [0.2, 0.25) is 0 Å². The third kappa shape index (κ3) is 6.62. The number of amidine groups is 2. The smallest absolute Gasteiger partial charge is 0.254 e. The average Bonchev–Trinajstić information content (AvgIpc) is 2.89. The molecule has 0 spiro atoms. The van der Waals surface area contributed by atoms with Crippen molar-refractivity contribution in [3.8, 4) is 23.3 Å². The summed E-state index contributed by atoms with van der Waals surface area (Å²) in [6, 6.07) is 16.6. The first-order valence-corrected chi connectivity index (χ1v) is 12.1. The summed E-state index contributed by atoms with van der Waals surface area (Å²) in [5.74, 6) is 1.66. The number of nitrogens with one attached hydrogen (secondary N) is 2. The maximum atomic E-state index is 13.4. The van der Waals surface area contributed by atoms with E-state index in [2.05, 4.69) is 4.98 Å². The van der Waals surface area contributed by atoms with Crippen LogP contribution in [-0.2, 0) is 0 Å². The molecule has 1 aliphatic rings. The summed E-state index contributed by atoms with van der Waals surface area (Å²) in [6.45, 7) is 1.99. The Morgan fingerprint density at radius 1 is 0.838 bits per heavy atom. The number of carbonyl (C=O) groups is 1. The zero-order valence-corrected chi connectivity index (χ0v) is 20.4. The number of ether oxygens (including phenoxy) is 2. The predicted molar refractivity (Wildman–Crippen MR) is 142 cm³/mol. The Labute approximate surface area is 215 Å². The van der Waals surface area contributed by atoms with E-state index >= 15 is 0 Å². The number of nitrogen functional groups attached to an aromatic ring is 2. The minimum atomic E-state index is -0.123. The molecule has 0 atom stereocenters. The minimum absolute atomic E-state index is 0.0426. The number of hydrogen-bond donors (Lipinski definition) is 5. The number of pyridine rings is 1. The standard InChI is InChI=1S/C27H31N7O3/c28-12-9-17-10-13-34(14-11-17)27(35)20-15-23(36-21-5-1-18(2-6-21)25(29)30)33-24(16-20)37-22-7-3-19(4-8-22)26(31)32/h1-8,15-17H,9-14,28H2,(H3,29,30)(H3,31,32). The number of nitrogens with two attached hydrogens (primary N) is 3. The van der Waals surface area contributed by atoms with E-state index in [1.165, 1.54) is 0 Å². The van der Waals surface area contributed by atoms with Crippen LogP contribution in [0.1, 0.15) is 40.7 Å². The van der Waals surface area contributed by atoms with E-state index in [9.17, 15) is 4.79 Å². The van der Waals surface area contributed by atoms with E-state index in [0.29, 0.717) is 53.7 Å². The quantitative estimate of drug-likeness (QED) is 0.220. The van der Waals surface area contributed by atoms with Gasteiger partial charge in [-0.2, -0.15) is 4.98 Å². The van der Waals surface area contributed by atoms with Gasteiger partial charge in [-0.05, 0) is 80.3 Å². The van der Waals surface area contributed by atoms with Crippen LogP contribution < -0.4 is 26.7 Å². The molecular formula is C27H31N7O3. The van der Waals surface area contributed by atoms with Crippen molar-refractivity contribution in [1.29, 1.82) is 10.8 Å². The second-order valence-corrected chi connectivity index (χ2v) is 8.93. The Morgan fingerprint density at radius 3 is 1.70 bits per heavy atom. The number of rotatable bonds is 9. The summed E-state index contributed by atoms with van der Waals surface area (Å²) in [7, 11) is 0. The van der Waals surface area contributed by atoms with Crippen molar-refractivity contribution in [2.75, 3.05) is 19.6 Å². The van der Waals surface area contributed by atoms with E-state index in [1.807, 2.05) is 4.90 Å². The molecule has 3 aromatic rings. The fourth-order valence-corrected chi connectivity index (χ4v) is 4.20. The second kappa shape index (κ2) is 11.5. The third-order valence-electron chi connectivity index (χ3n) is 6.28. The Kier molecular flexibility index (Phi) is 7.99. The van der Waals surface area contributed by atoms with Crippen molar-refractivity contribution in [2.45, 2.75) is 19.3 Å². The molecule has 192 valence electrons. The molecule has 10 heteroatoms. The zero-order chi connectivity index (χ0) is 26.4. The monoisotopic (exact) mass is 501 g/mol. The molecule has 4 rings (SSSR count). The lowest BCUT2D eigenvalue weighted by Crippen LogP contribution is -2.38. The van der Waals surface area contributed by atoms with Gasteiger partial charge in [0.05, 0.1) is 5.56 Å². The van der Waals surface area contributed by atoms with Crippen LogP contribution in [0.5, 0.6) is 23.3 Å². The van der Waals surface area contributed by atoms with E-state index in [-0.39, 0.29) is 29.3 Å². The minimum Gasteiger partial charge on any atom is -0.439 e. The molecule has 2 aromatic carbocycles. The van der Waals surface area contributed by atoms with Crippen molar-refractivity contribution in [1.82, 2.24) is 9.88 Å². The molecule has 8 N–H and O–H groups in total. The first kappa shape index (κ1) is 25.6. The topological polar surface area (TPSA) is 177 Å². The summed E-state index contributed by atoms with van der Waals surface area (Å²) in [5, 5.41) is 15.1. The molecule has 37 heavy (non-hydrogen) atoms. The molecule has 1 amide bonds. The first-order valence-electron chi connectivity index (χ1n) is 12.1. The number of carbonyl (C=O) groups excluding carboxylic acids is 1. The number of aromatic nitrogens is 1. The Hall–Kier alpha value is -4.44. The van der Waals surface area contributed by atoms with E-state index in [4.69, 9.17) is 37.5 Å². The van der Waals surface area contributed by atoms with Gasteiger partial charge in [0.2, 0.25) is 11.8 Å². The predicted octanol–water partition coefficient (Wildman–Crippen LogP) is 3.44. The van der Waals surface area contributed by atoms with E-state index < -0.39 is 0 Å². The molecule has 0 unspecified atom stereocenters. The van der Waals surface area contributed by atoms with Gasteiger partial charge in [-0.1, -0.05) is 0 Å². The van der Waals surface area contributed by atoms with Crippen LogP contribution in [-0.4, -0.2) is 47.1 Å². The molecule has 0 radical (unpaired) electrons. The van der Waals surface area contributed by atoms with Gasteiger partial charge in [0.25, 0.3) is 5.91 Å². The molecular weight excluding hydrogens is 470 g/mol. The maximum absolute atomic E-state index is 13.4. The lowest BCUT2D eigenvalue weighted by atomic mass is 9.93. The largest absolute Gasteiger partial charge is 0.439 e. The average molecular weight is 502 g/mol. The van der Waals surface area contributed by atoms with Gasteiger partial charge in [0, 0.05) is 36.3 Å². The highest BCUT2D eigenvalue weighted by Gasteiger charge is 2.24. The summed E-state index contributed by atoms with van der Waals surface area (Å²) in [5.41, 5.74) is 18.3. The molecule has 1 aromatic heterocycles. The number of benzene rings is 2. The maximum Gasteiger partial charge on any atom is 0.254 e.